The van der Waals surface area contributed by atoms with Crippen molar-refractivity contribution in [3.8, 4) is 5.75 Å². The maximum atomic E-state index is 13.6. The average Bonchev–Trinajstić information content (AvgIpc) is 2.24. The van der Waals surface area contributed by atoms with E-state index in [0.29, 0.717) is 17.8 Å². The van der Waals surface area contributed by atoms with Gasteiger partial charge in [-0.15, -0.1) is 0 Å². The van der Waals surface area contributed by atoms with Crippen molar-refractivity contribution in [1.82, 2.24) is 0 Å². The van der Waals surface area contributed by atoms with Gasteiger partial charge in [-0.1, -0.05) is 0 Å². The molecule has 0 amide bonds. The second-order valence-corrected chi connectivity index (χ2v) is 4.59. The quantitative estimate of drug-likeness (QED) is 0.684. The van der Waals surface area contributed by atoms with Crippen LogP contribution in [-0.2, 0) is 0 Å². The summed E-state index contributed by atoms with van der Waals surface area (Å²) in [7, 11) is 0. The molecule has 0 bridgehead atoms. The van der Waals surface area contributed by atoms with Crippen LogP contribution in [0, 0.1) is 5.82 Å². The molecule has 1 aromatic rings. The lowest BCUT2D eigenvalue weighted by Crippen LogP contribution is -2.18. The Labute approximate surface area is 107 Å². The largest absolute Gasteiger partial charge is 0.488 e. The number of ether oxygens (including phenoxy) is 1. The summed E-state index contributed by atoms with van der Waals surface area (Å²) in [5.74, 6) is -0.292. The molecule has 0 aliphatic heterocycles. The summed E-state index contributed by atoms with van der Waals surface area (Å²) in [4.78, 5) is 0. The third kappa shape index (κ3) is 4.07. The van der Waals surface area contributed by atoms with Crippen LogP contribution < -0.4 is 15.8 Å². The van der Waals surface area contributed by atoms with Crippen molar-refractivity contribution in [2.45, 2.75) is 39.3 Å². The van der Waals surface area contributed by atoms with Gasteiger partial charge in [0.15, 0.2) is 11.6 Å². The predicted octanol–water partition coefficient (Wildman–Crippen LogP) is 2.38. The Bertz CT molecular complexity index is 397. The molecule has 5 heteroatoms. The maximum absolute atomic E-state index is 13.6. The number of nitrogen functional groups attached to an aromatic ring is 1. The van der Waals surface area contributed by atoms with Gasteiger partial charge in [0.25, 0.3) is 0 Å². The Morgan fingerprint density at radius 3 is 2.61 bits per heavy atom. The standard InChI is InChI=1S/C13H21FN2O2/c1-8(2)18-13-7-12(11(15)6-10(13)14)16-9(3)4-5-17/h6-9,16-17H,4-5,15H2,1-3H3. The first-order valence-corrected chi connectivity index (χ1v) is 6.07. The van der Waals surface area contributed by atoms with E-state index in [9.17, 15) is 4.39 Å². The summed E-state index contributed by atoms with van der Waals surface area (Å²) in [6.07, 6.45) is 0.489. The van der Waals surface area contributed by atoms with E-state index in [0.717, 1.165) is 0 Å². The summed E-state index contributed by atoms with van der Waals surface area (Å²) < 4.78 is 19.0. The van der Waals surface area contributed by atoms with Gasteiger partial charge in [-0.2, -0.15) is 0 Å². The lowest BCUT2D eigenvalue weighted by molar-refractivity contribution is 0.231. The second-order valence-electron chi connectivity index (χ2n) is 4.59. The van der Waals surface area contributed by atoms with Gasteiger partial charge in [-0.25, -0.2) is 4.39 Å². The number of nitrogens with two attached hydrogens (primary N) is 1. The normalized spacial score (nSPS) is 12.6. The molecular weight excluding hydrogens is 235 g/mol. The van der Waals surface area contributed by atoms with Crippen molar-refractivity contribution in [2.24, 2.45) is 0 Å². The molecule has 0 aromatic heterocycles. The van der Waals surface area contributed by atoms with E-state index in [-0.39, 0.29) is 24.5 Å². The zero-order chi connectivity index (χ0) is 13.7. The topological polar surface area (TPSA) is 67.5 Å². The van der Waals surface area contributed by atoms with Crippen LogP contribution >= 0.6 is 0 Å². The van der Waals surface area contributed by atoms with Crippen molar-refractivity contribution in [1.29, 1.82) is 0 Å². The molecule has 1 aromatic carbocycles. The zero-order valence-corrected chi connectivity index (χ0v) is 11.0. The van der Waals surface area contributed by atoms with Crippen molar-refractivity contribution < 1.29 is 14.2 Å². The monoisotopic (exact) mass is 256 g/mol. The van der Waals surface area contributed by atoms with E-state index in [1.165, 1.54) is 6.07 Å². The van der Waals surface area contributed by atoms with Gasteiger partial charge < -0.3 is 20.9 Å². The summed E-state index contributed by atoms with van der Waals surface area (Å²) in [5.41, 5.74) is 6.69. The number of rotatable bonds is 6. The molecule has 0 radical (unpaired) electrons. The highest BCUT2D eigenvalue weighted by molar-refractivity contribution is 5.68. The van der Waals surface area contributed by atoms with E-state index < -0.39 is 5.82 Å². The molecular formula is C13H21FN2O2. The summed E-state index contributed by atoms with van der Waals surface area (Å²) in [6.45, 7) is 5.67. The van der Waals surface area contributed by atoms with Crippen LogP contribution in [0.5, 0.6) is 5.75 Å². The van der Waals surface area contributed by atoms with E-state index >= 15 is 0 Å². The molecule has 4 nitrogen and oxygen atoms in total. The van der Waals surface area contributed by atoms with E-state index in [1.807, 2.05) is 20.8 Å². The Kier molecular flexibility index (Phi) is 5.22. The Balaban J connectivity index is 2.90. The number of hydrogen-bond acceptors (Lipinski definition) is 4. The minimum absolute atomic E-state index is 0.0506. The van der Waals surface area contributed by atoms with Crippen molar-refractivity contribution >= 4 is 11.4 Å². The lowest BCUT2D eigenvalue weighted by atomic mass is 10.2. The highest BCUT2D eigenvalue weighted by atomic mass is 19.1. The van der Waals surface area contributed by atoms with Gasteiger partial charge in [-0.3, -0.25) is 0 Å². The minimum Gasteiger partial charge on any atom is -0.488 e. The molecule has 0 aliphatic carbocycles. The molecule has 1 unspecified atom stereocenters. The molecule has 0 saturated heterocycles. The van der Waals surface area contributed by atoms with Gasteiger partial charge >= 0.3 is 0 Å². The van der Waals surface area contributed by atoms with Gasteiger partial charge in [0, 0.05) is 24.8 Å². The number of hydrogen-bond donors (Lipinski definition) is 3. The third-order valence-corrected chi connectivity index (χ3v) is 2.43. The summed E-state index contributed by atoms with van der Waals surface area (Å²) >= 11 is 0. The lowest BCUT2D eigenvalue weighted by Gasteiger charge is -2.18. The molecule has 0 aliphatic rings. The summed E-state index contributed by atoms with van der Waals surface area (Å²) in [6, 6.07) is 2.85. The Morgan fingerprint density at radius 2 is 2.06 bits per heavy atom. The van der Waals surface area contributed by atoms with E-state index in [1.54, 1.807) is 6.07 Å². The molecule has 1 rings (SSSR count). The molecule has 0 fully saturated rings. The minimum atomic E-state index is -0.471. The third-order valence-electron chi connectivity index (χ3n) is 2.43. The Hall–Kier alpha value is -1.49. The molecule has 1 atom stereocenters. The highest BCUT2D eigenvalue weighted by Crippen LogP contribution is 2.29. The van der Waals surface area contributed by atoms with Crippen LogP contribution in [0.15, 0.2) is 12.1 Å². The van der Waals surface area contributed by atoms with E-state index in [2.05, 4.69) is 5.32 Å². The van der Waals surface area contributed by atoms with Crippen molar-refractivity contribution in [3.05, 3.63) is 17.9 Å². The fourth-order valence-electron chi connectivity index (χ4n) is 1.57. The fourth-order valence-corrected chi connectivity index (χ4v) is 1.57. The summed E-state index contributed by atoms with van der Waals surface area (Å²) in [5, 5.41) is 12.0. The molecule has 18 heavy (non-hydrogen) atoms. The van der Waals surface area contributed by atoms with Crippen LogP contribution in [0.3, 0.4) is 0 Å². The first kappa shape index (κ1) is 14.6. The predicted molar refractivity (Wildman–Crippen MR) is 71.4 cm³/mol. The maximum Gasteiger partial charge on any atom is 0.167 e. The average molecular weight is 256 g/mol. The SMILES string of the molecule is CC(CCO)Nc1cc(OC(C)C)c(F)cc1N. The van der Waals surface area contributed by atoms with Gasteiger partial charge in [-0.05, 0) is 27.2 Å². The van der Waals surface area contributed by atoms with Crippen LogP contribution in [0.4, 0.5) is 15.8 Å². The van der Waals surface area contributed by atoms with Gasteiger partial charge in [0.05, 0.1) is 17.5 Å². The molecule has 0 spiro atoms. The molecule has 0 heterocycles. The van der Waals surface area contributed by atoms with Crippen LogP contribution in [0.25, 0.3) is 0 Å². The molecule has 0 saturated carbocycles. The van der Waals surface area contributed by atoms with Gasteiger partial charge in [0.1, 0.15) is 0 Å². The smallest absolute Gasteiger partial charge is 0.167 e. The van der Waals surface area contributed by atoms with E-state index in [4.69, 9.17) is 15.6 Å². The van der Waals surface area contributed by atoms with Crippen LogP contribution in [0.2, 0.25) is 0 Å². The first-order valence-electron chi connectivity index (χ1n) is 6.07. The first-order chi connectivity index (χ1) is 8.43. The van der Waals surface area contributed by atoms with Crippen molar-refractivity contribution in [3.63, 3.8) is 0 Å². The number of aliphatic hydroxyl groups excluding tert-OH is 1. The second kappa shape index (κ2) is 6.44. The number of benzene rings is 1. The fraction of sp³-hybridized carbons (Fsp3) is 0.538. The zero-order valence-electron chi connectivity index (χ0n) is 11.0. The number of nitrogens with one attached hydrogen (secondary N) is 1. The van der Waals surface area contributed by atoms with Crippen LogP contribution in [-0.4, -0.2) is 23.9 Å². The molecule has 102 valence electrons. The van der Waals surface area contributed by atoms with Crippen LogP contribution in [0.1, 0.15) is 27.2 Å². The number of halogens is 1. The number of aliphatic hydroxyl groups is 1. The van der Waals surface area contributed by atoms with Gasteiger partial charge in [0.2, 0.25) is 0 Å². The van der Waals surface area contributed by atoms with Crippen molar-refractivity contribution in [2.75, 3.05) is 17.7 Å². The molecule has 4 N–H and O–H groups in total. The Morgan fingerprint density at radius 1 is 1.39 bits per heavy atom. The highest BCUT2D eigenvalue weighted by Gasteiger charge is 2.12. The number of anilines is 2.